The van der Waals surface area contributed by atoms with Crippen molar-refractivity contribution in [2.75, 3.05) is 12.4 Å². The Morgan fingerprint density at radius 3 is 2.57 bits per heavy atom. The molecule has 0 bridgehead atoms. The van der Waals surface area contributed by atoms with Crippen molar-refractivity contribution in [2.24, 2.45) is 0 Å². The van der Waals surface area contributed by atoms with E-state index < -0.39 is 18.0 Å². The summed E-state index contributed by atoms with van der Waals surface area (Å²) < 4.78 is 4.67. The molecular weight excluding hydrogens is 318 g/mol. The molecule has 0 radical (unpaired) electrons. The minimum absolute atomic E-state index is 0.194. The van der Waals surface area contributed by atoms with Crippen LogP contribution >= 0.6 is 11.8 Å². The molecule has 7 nitrogen and oxygen atoms in total. The standard InChI is InChI=1S/C15H19N3O4S/c1-3-22-15(21)17-16-13(20)12-9-23-14(18(12)10(2)19)11-7-5-4-6-8-11/h4-8,12,14H,3,9H2,1-2H3,(H,16,20)(H,17,21)/t12-,14+/m0/s1. The van der Waals surface area contributed by atoms with Gasteiger partial charge in [0.2, 0.25) is 5.91 Å². The van der Waals surface area contributed by atoms with Gasteiger partial charge in [-0.1, -0.05) is 30.3 Å². The molecule has 1 saturated heterocycles. The van der Waals surface area contributed by atoms with Gasteiger partial charge in [-0.05, 0) is 12.5 Å². The zero-order valence-corrected chi connectivity index (χ0v) is 13.8. The van der Waals surface area contributed by atoms with Crippen molar-refractivity contribution in [1.82, 2.24) is 15.8 Å². The Hall–Kier alpha value is -2.22. The van der Waals surface area contributed by atoms with E-state index in [2.05, 4.69) is 15.6 Å². The van der Waals surface area contributed by atoms with E-state index in [0.29, 0.717) is 5.75 Å². The number of hydrogen-bond acceptors (Lipinski definition) is 5. The topological polar surface area (TPSA) is 87.7 Å². The number of carbonyl (C=O) groups is 3. The van der Waals surface area contributed by atoms with Gasteiger partial charge in [0.1, 0.15) is 11.4 Å². The van der Waals surface area contributed by atoms with Gasteiger partial charge in [0, 0.05) is 12.7 Å². The normalized spacial score (nSPS) is 20.0. The average Bonchev–Trinajstić information content (AvgIpc) is 2.99. The summed E-state index contributed by atoms with van der Waals surface area (Å²) in [6, 6.07) is 8.88. The van der Waals surface area contributed by atoms with Crippen LogP contribution in [0.5, 0.6) is 0 Å². The summed E-state index contributed by atoms with van der Waals surface area (Å²) in [6.07, 6.45) is -0.736. The summed E-state index contributed by atoms with van der Waals surface area (Å²) in [7, 11) is 0. The lowest BCUT2D eigenvalue weighted by Gasteiger charge is -2.27. The molecule has 2 N–H and O–H groups in total. The zero-order chi connectivity index (χ0) is 16.8. The van der Waals surface area contributed by atoms with Crippen molar-refractivity contribution in [3.8, 4) is 0 Å². The van der Waals surface area contributed by atoms with Crippen LogP contribution in [0.25, 0.3) is 0 Å². The number of carbonyl (C=O) groups excluding carboxylic acids is 3. The van der Waals surface area contributed by atoms with Gasteiger partial charge in [0.05, 0.1) is 6.61 Å². The fourth-order valence-corrected chi connectivity index (χ4v) is 3.81. The number of hydrogen-bond donors (Lipinski definition) is 2. The third-order valence-corrected chi connectivity index (χ3v) is 4.64. The molecule has 8 heteroatoms. The van der Waals surface area contributed by atoms with Crippen molar-refractivity contribution in [2.45, 2.75) is 25.3 Å². The van der Waals surface area contributed by atoms with Crippen molar-refractivity contribution >= 4 is 29.7 Å². The highest BCUT2D eigenvalue weighted by molar-refractivity contribution is 7.99. The highest BCUT2D eigenvalue weighted by Gasteiger charge is 2.40. The Kier molecular flexibility index (Phi) is 5.86. The number of thioether (sulfide) groups is 1. The lowest BCUT2D eigenvalue weighted by molar-refractivity contribution is -0.138. The van der Waals surface area contributed by atoms with Gasteiger partial charge in [-0.25, -0.2) is 10.2 Å². The molecule has 0 saturated carbocycles. The molecule has 23 heavy (non-hydrogen) atoms. The molecule has 124 valence electrons. The molecule has 0 aromatic heterocycles. The number of amides is 3. The molecule has 1 heterocycles. The first-order valence-electron chi connectivity index (χ1n) is 7.22. The van der Waals surface area contributed by atoms with E-state index in [0.717, 1.165) is 5.56 Å². The third kappa shape index (κ3) is 4.16. The van der Waals surface area contributed by atoms with Crippen LogP contribution in [0.4, 0.5) is 4.79 Å². The zero-order valence-electron chi connectivity index (χ0n) is 12.9. The predicted molar refractivity (Wildman–Crippen MR) is 86.2 cm³/mol. The van der Waals surface area contributed by atoms with E-state index in [1.807, 2.05) is 30.3 Å². The molecule has 3 amide bonds. The van der Waals surface area contributed by atoms with Crippen molar-refractivity contribution in [3.05, 3.63) is 35.9 Å². The Morgan fingerprint density at radius 2 is 1.96 bits per heavy atom. The highest BCUT2D eigenvalue weighted by atomic mass is 32.2. The largest absolute Gasteiger partial charge is 0.449 e. The summed E-state index contributed by atoms with van der Waals surface area (Å²) in [6.45, 7) is 3.30. The molecule has 0 spiro atoms. The van der Waals surface area contributed by atoms with Crippen LogP contribution in [0.1, 0.15) is 24.8 Å². The van der Waals surface area contributed by atoms with E-state index in [1.165, 1.54) is 23.6 Å². The molecule has 1 aliphatic rings. The Balaban J connectivity index is 2.06. The average molecular weight is 337 g/mol. The summed E-state index contributed by atoms with van der Waals surface area (Å²) in [5.74, 6) is -0.186. The Bertz CT molecular complexity index is 581. The molecular formula is C15H19N3O4S. The molecule has 1 aromatic carbocycles. The number of benzene rings is 1. The van der Waals surface area contributed by atoms with Gasteiger partial charge in [0.25, 0.3) is 5.91 Å². The minimum atomic E-state index is -0.736. The number of nitrogens with zero attached hydrogens (tertiary/aromatic N) is 1. The fourth-order valence-electron chi connectivity index (χ4n) is 2.33. The molecule has 1 fully saturated rings. The molecule has 2 rings (SSSR count). The van der Waals surface area contributed by atoms with Gasteiger partial charge < -0.3 is 9.64 Å². The summed E-state index contributed by atoms with van der Waals surface area (Å²) in [5, 5.41) is -0.216. The van der Waals surface area contributed by atoms with Crippen LogP contribution in [0.3, 0.4) is 0 Å². The third-order valence-electron chi connectivity index (χ3n) is 3.31. The smallest absolute Gasteiger partial charge is 0.426 e. The maximum atomic E-state index is 12.3. The van der Waals surface area contributed by atoms with Gasteiger partial charge >= 0.3 is 6.09 Å². The van der Waals surface area contributed by atoms with Crippen molar-refractivity contribution < 1.29 is 19.1 Å². The summed E-state index contributed by atoms with van der Waals surface area (Å²) >= 11 is 1.51. The van der Waals surface area contributed by atoms with Crippen molar-refractivity contribution in [1.29, 1.82) is 0 Å². The van der Waals surface area contributed by atoms with E-state index in [1.54, 1.807) is 6.92 Å². The van der Waals surface area contributed by atoms with Gasteiger partial charge in [0.15, 0.2) is 0 Å². The van der Waals surface area contributed by atoms with Crippen molar-refractivity contribution in [3.63, 3.8) is 0 Å². The van der Waals surface area contributed by atoms with Crippen LogP contribution < -0.4 is 10.9 Å². The maximum absolute atomic E-state index is 12.3. The minimum Gasteiger partial charge on any atom is -0.449 e. The second-order valence-electron chi connectivity index (χ2n) is 4.87. The van der Waals surface area contributed by atoms with Gasteiger partial charge in [-0.3, -0.25) is 15.0 Å². The first-order chi connectivity index (χ1) is 11.0. The van der Waals surface area contributed by atoms with Crippen LogP contribution in [0.2, 0.25) is 0 Å². The molecule has 2 atom stereocenters. The van der Waals surface area contributed by atoms with E-state index >= 15 is 0 Å². The Labute approximate surface area is 138 Å². The SMILES string of the molecule is CCOC(=O)NNC(=O)[C@@H]1CS[C@H](c2ccccc2)N1C(C)=O. The van der Waals surface area contributed by atoms with Crippen LogP contribution in [-0.4, -0.2) is 41.2 Å². The van der Waals surface area contributed by atoms with Gasteiger partial charge in [-0.15, -0.1) is 11.8 Å². The first-order valence-corrected chi connectivity index (χ1v) is 8.27. The first kappa shape index (κ1) is 17.1. The number of nitrogens with one attached hydrogen (secondary N) is 2. The second-order valence-corrected chi connectivity index (χ2v) is 5.99. The van der Waals surface area contributed by atoms with Crippen LogP contribution in [-0.2, 0) is 14.3 Å². The fraction of sp³-hybridized carbons (Fsp3) is 0.400. The maximum Gasteiger partial charge on any atom is 0.426 e. The molecule has 1 aromatic rings. The highest BCUT2D eigenvalue weighted by Crippen LogP contribution is 2.41. The molecule has 0 unspecified atom stereocenters. The monoisotopic (exact) mass is 337 g/mol. The van der Waals surface area contributed by atoms with Gasteiger partial charge in [-0.2, -0.15) is 0 Å². The van der Waals surface area contributed by atoms with Crippen LogP contribution in [0, 0.1) is 0 Å². The molecule has 0 aliphatic carbocycles. The predicted octanol–water partition coefficient (Wildman–Crippen LogP) is 1.43. The quantitative estimate of drug-likeness (QED) is 0.815. The summed E-state index contributed by atoms with van der Waals surface area (Å²) in [5.41, 5.74) is 5.42. The summed E-state index contributed by atoms with van der Waals surface area (Å²) in [4.78, 5) is 37.0. The second kappa shape index (κ2) is 7.87. The van der Waals surface area contributed by atoms with E-state index in [4.69, 9.17) is 0 Å². The van der Waals surface area contributed by atoms with Crippen LogP contribution in [0.15, 0.2) is 30.3 Å². The number of ether oxygens (including phenoxy) is 1. The van der Waals surface area contributed by atoms with E-state index in [9.17, 15) is 14.4 Å². The number of hydrazine groups is 1. The lowest BCUT2D eigenvalue weighted by Crippen LogP contribution is -2.52. The Morgan fingerprint density at radius 1 is 1.26 bits per heavy atom. The van der Waals surface area contributed by atoms with E-state index in [-0.39, 0.29) is 17.9 Å². The number of rotatable bonds is 3. The lowest BCUT2D eigenvalue weighted by atomic mass is 10.1. The molecule has 1 aliphatic heterocycles.